The van der Waals surface area contributed by atoms with Gasteiger partial charge in [0.2, 0.25) is 0 Å². The number of piperidine rings is 1. The molecule has 0 amide bonds. The van der Waals surface area contributed by atoms with Crippen LogP contribution in [0.3, 0.4) is 0 Å². The molecule has 1 unspecified atom stereocenters. The standard InChI is InChI=1S/C12H25N3O2/c1-11-4-2-6-15(10-11)12(13)14-5-3-8-17-9-7-16/h11,16H,2-10H2,1H3,(H2,13,14). The van der Waals surface area contributed by atoms with Gasteiger partial charge in [0.05, 0.1) is 13.2 Å². The largest absolute Gasteiger partial charge is 0.394 e. The Morgan fingerprint density at radius 2 is 2.35 bits per heavy atom. The normalized spacial score (nSPS) is 21.9. The van der Waals surface area contributed by atoms with Crippen LogP contribution in [0, 0.1) is 5.92 Å². The molecule has 0 aromatic carbocycles. The molecule has 1 aliphatic heterocycles. The van der Waals surface area contributed by atoms with E-state index in [0.717, 1.165) is 19.5 Å². The van der Waals surface area contributed by atoms with Gasteiger partial charge in [-0.1, -0.05) is 6.92 Å². The quantitative estimate of drug-likeness (QED) is 0.403. The highest BCUT2D eigenvalue weighted by atomic mass is 16.5. The first-order valence-corrected chi connectivity index (χ1v) is 6.47. The van der Waals surface area contributed by atoms with E-state index in [1.807, 2.05) is 0 Å². The van der Waals surface area contributed by atoms with Crippen LogP contribution in [0.25, 0.3) is 0 Å². The highest BCUT2D eigenvalue weighted by molar-refractivity contribution is 5.78. The van der Waals surface area contributed by atoms with Crippen LogP contribution in [0.5, 0.6) is 0 Å². The minimum atomic E-state index is 0.0804. The maximum Gasteiger partial charge on any atom is 0.191 e. The van der Waals surface area contributed by atoms with Crippen LogP contribution in [-0.2, 0) is 4.74 Å². The molecule has 1 fully saturated rings. The van der Waals surface area contributed by atoms with Gasteiger partial charge in [0.1, 0.15) is 0 Å². The van der Waals surface area contributed by atoms with Crippen molar-refractivity contribution in [3.63, 3.8) is 0 Å². The van der Waals surface area contributed by atoms with Crippen molar-refractivity contribution < 1.29 is 9.84 Å². The Labute approximate surface area is 104 Å². The third-order valence-electron chi connectivity index (χ3n) is 2.94. The van der Waals surface area contributed by atoms with E-state index >= 15 is 0 Å². The number of rotatable bonds is 6. The van der Waals surface area contributed by atoms with Crippen LogP contribution in [0.15, 0.2) is 4.99 Å². The van der Waals surface area contributed by atoms with Crippen LogP contribution >= 0.6 is 0 Å². The van der Waals surface area contributed by atoms with Gasteiger partial charge < -0.3 is 20.5 Å². The fraction of sp³-hybridized carbons (Fsp3) is 0.917. The van der Waals surface area contributed by atoms with E-state index in [1.54, 1.807) is 0 Å². The van der Waals surface area contributed by atoms with Crippen molar-refractivity contribution in [2.75, 3.05) is 39.5 Å². The van der Waals surface area contributed by atoms with Crippen LogP contribution in [0.4, 0.5) is 0 Å². The van der Waals surface area contributed by atoms with Gasteiger partial charge in [-0.25, -0.2) is 0 Å². The Kier molecular flexibility index (Phi) is 6.96. The number of likely N-dealkylation sites (tertiary alicyclic amines) is 1. The maximum absolute atomic E-state index is 8.53. The molecule has 17 heavy (non-hydrogen) atoms. The van der Waals surface area contributed by atoms with Crippen LogP contribution < -0.4 is 5.73 Å². The average molecular weight is 243 g/mol. The predicted molar refractivity (Wildman–Crippen MR) is 69.0 cm³/mol. The third-order valence-corrected chi connectivity index (χ3v) is 2.94. The second-order valence-electron chi connectivity index (χ2n) is 4.62. The maximum atomic E-state index is 8.53. The summed E-state index contributed by atoms with van der Waals surface area (Å²) in [6, 6.07) is 0. The van der Waals surface area contributed by atoms with Gasteiger partial charge >= 0.3 is 0 Å². The number of nitrogens with two attached hydrogens (primary N) is 1. The molecule has 3 N–H and O–H groups in total. The first-order chi connectivity index (χ1) is 8.24. The lowest BCUT2D eigenvalue weighted by molar-refractivity contribution is 0.0917. The zero-order chi connectivity index (χ0) is 12.5. The molecule has 1 saturated heterocycles. The van der Waals surface area contributed by atoms with Gasteiger partial charge in [0, 0.05) is 26.2 Å². The molecule has 0 aromatic rings. The predicted octanol–water partition coefficient (Wildman–Crippen LogP) is 0.432. The highest BCUT2D eigenvalue weighted by Crippen LogP contribution is 2.14. The summed E-state index contributed by atoms with van der Waals surface area (Å²) in [5.74, 6) is 1.38. The minimum Gasteiger partial charge on any atom is -0.394 e. The second kappa shape index (κ2) is 8.31. The second-order valence-corrected chi connectivity index (χ2v) is 4.62. The summed E-state index contributed by atoms with van der Waals surface area (Å²) < 4.78 is 5.15. The average Bonchev–Trinajstić information content (AvgIpc) is 2.33. The summed E-state index contributed by atoms with van der Waals surface area (Å²) in [6.07, 6.45) is 3.35. The summed E-state index contributed by atoms with van der Waals surface area (Å²) in [5, 5.41) is 8.53. The van der Waals surface area contributed by atoms with Crippen molar-refractivity contribution in [1.29, 1.82) is 0 Å². The molecule has 0 bridgehead atoms. The Bertz CT molecular complexity index is 234. The number of hydrogen-bond acceptors (Lipinski definition) is 3. The molecule has 1 rings (SSSR count). The first kappa shape index (κ1) is 14.3. The number of aliphatic imine (C=N–C) groups is 1. The molecule has 0 aliphatic carbocycles. The van der Waals surface area contributed by atoms with Gasteiger partial charge in [-0.05, 0) is 25.2 Å². The molecule has 1 aliphatic rings. The molecule has 1 atom stereocenters. The summed E-state index contributed by atoms with van der Waals surface area (Å²) in [5.41, 5.74) is 5.95. The van der Waals surface area contributed by atoms with Crippen LogP contribution in [-0.4, -0.2) is 55.4 Å². The molecule has 1 heterocycles. The number of nitrogens with zero attached hydrogens (tertiary/aromatic N) is 2. The molecule has 0 radical (unpaired) electrons. The van der Waals surface area contributed by atoms with Gasteiger partial charge in [0.25, 0.3) is 0 Å². The molecular formula is C12H25N3O2. The van der Waals surface area contributed by atoms with E-state index in [0.29, 0.717) is 31.6 Å². The van der Waals surface area contributed by atoms with E-state index in [1.165, 1.54) is 12.8 Å². The van der Waals surface area contributed by atoms with E-state index in [-0.39, 0.29) is 6.61 Å². The zero-order valence-electron chi connectivity index (χ0n) is 10.8. The molecule has 5 heteroatoms. The Morgan fingerprint density at radius 1 is 1.53 bits per heavy atom. The van der Waals surface area contributed by atoms with Gasteiger partial charge in [0.15, 0.2) is 5.96 Å². The van der Waals surface area contributed by atoms with Crippen molar-refractivity contribution >= 4 is 5.96 Å². The number of aliphatic hydroxyl groups excluding tert-OH is 1. The lowest BCUT2D eigenvalue weighted by Crippen LogP contribution is -2.43. The van der Waals surface area contributed by atoms with Gasteiger partial charge in [-0.3, -0.25) is 4.99 Å². The lowest BCUT2D eigenvalue weighted by atomic mass is 10.0. The van der Waals surface area contributed by atoms with Crippen LogP contribution in [0.2, 0.25) is 0 Å². The first-order valence-electron chi connectivity index (χ1n) is 6.47. The summed E-state index contributed by atoms with van der Waals surface area (Å²) >= 11 is 0. The number of ether oxygens (including phenoxy) is 1. The molecule has 5 nitrogen and oxygen atoms in total. The molecule has 100 valence electrons. The van der Waals surface area contributed by atoms with Gasteiger partial charge in [-0.15, -0.1) is 0 Å². The number of hydrogen-bond donors (Lipinski definition) is 2. The van der Waals surface area contributed by atoms with Crippen molar-refractivity contribution in [1.82, 2.24) is 4.90 Å². The Hall–Kier alpha value is -0.810. The van der Waals surface area contributed by atoms with E-state index in [9.17, 15) is 0 Å². The van der Waals surface area contributed by atoms with Crippen molar-refractivity contribution in [2.45, 2.75) is 26.2 Å². The van der Waals surface area contributed by atoms with E-state index in [4.69, 9.17) is 15.6 Å². The van der Waals surface area contributed by atoms with Crippen LogP contribution in [0.1, 0.15) is 26.2 Å². The fourth-order valence-corrected chi connectivity index (χ4v) is 2.02. The number of aliphatic hydroxyl groups is 1. The molecular weight excluding hydrogens is 218 g/mol. The minimum absolute atomic E-state index is 0.0804. The lowest BCUT2D eigenvalue weighted by Gasteiger charge is -2.31. The topological polar surface area (TPSA) is 71.1 Å². The Morgan fingerprint density at radius 3 is 3.06 bits per heavy atom. The number of guanidine groups is 1. The summed E-state index contributed by atoms with van der Waals surface area (Å²) in [4.78, 5) is 6.53. The third kappa shape index (κ3) is 5.89. The highest BCUT2D eigenvalue weighted by Gasteiger charge is 2.17. The van der Waals surface area contributed by atoms with Crippen molar-refractivity contribution in [3.05, 3.63) is 0 Å². The monoisotopic (exact) mass is 243 g/mol. The smallest absolute Gasteiger partial charge is 0.191 e. The fourth-order valence-electron chi connectivity index (χ4n) is 2.02. The summed E-state index contributed by atoms with van der Waals surface area (Å²) in [6.45, 7) is 6.12. The van der Waals surface area contributed by atoms with Gasteiger partial charge in [-0.2, -0.15) is 0 Å². The zero-order valence-corrected chi connectivity index (χ0v) is 10.8. The molecule has 0 aromatic heterocycles. The molecule has 0 saturated carbocycles. The summed E-state index contributed by atoms with van der Waals surface area (Å²) in [7, 11) is 0. The SMILES string of the molecule is CC1CCCN(C(N)=NCCCOCCO)C1. The van der Waals surface area contributed by atoms with Crippen molar-refractivity contribution in [2.24, 2.45) is 16.6 Å². The van der Waals surface area contributed by atoms with E-state index < -0.39 is 0 Å². The Balaban J connectivity index is 2.15. The molecule has 0 spiro atoms. The van der Waals surface area contributed by atoms with Crippen molar-refractivity contribution in [3.8, 4) is 0 Å². The van der Waals surface area contributed by atoms with E-state index in [2.05, 4.69) is 16.8 Å².